The molecule has 3 aromatic rings. The van der Waals surface area contributed by atoms with Gasteiger partial charge in [-0.25, -0.2) is 4.79 Å². The summed E-state index contributed by atoms with van der Waals surface area (Å²) in [7, 11) is 0. The molecule has 0 spiro atoms. The third-order valence-corrected chi connectivity index (χ3v) is 4.78. The highest BCUT2D eigenvalue weighted by atomic mass is 16.4. The van der Waals surface area contributed by atoms with E-state index >= 15 is 0 Å². The van der Waals surface area contributed by atoms with Gasteiger partial charge in [-0.15, -0.1) is 0 Å². The third-order valence-electron chi connectivity index (χ3n) is 4.78. The number of rotatable bonds is 8. The number of phenols is 2. The minimum Gasteiger partial charge on any atom is -0.504 e. The monoisotopic (exact) mass is 426 g/mol. The molecule has 2 aromatic carbocycles. The van der Waals surface area contributed by atoms with E-state index in [9.17, 15) is 24.6 Å². The number of amides is 1. The van der Waals surface area contributed by atoms with Gasteiger partial charge in [0.25, 0.3) is 5.91 Å². The minimum atomic E-state index is -0.974. The molecule has 1 amide bonds. The predicted molar refractivity (Wildman–Crippen MR) is 114 cm³/mol. The first-order valence-corrected chi connectivity index (χ1v) is 9.62. The molecule has 4 N–H and O–H groups in total. The van der Waals surface area contributed by atoms with Gasteiger partial charge in [0.15, 0.2) is 11.5 Å². The van der Waals surface area contributed by atoms with E-state index < -0.39 is 17.5 Å². The summed E-state index contributed by atoms with van der Waals surface area (Å²) in [5.74, 6) is -2.04. The second kappa shape index (κ2) is 9.21. The number of carbonyl (C=O) groups excluding carboxylic acids is 1. The minimum absolute atomic E-state index is 0.147. The third kappa shape index (κ3) is 5.13. The summed E-state index contributed by atoms with van der Waals surface area (Å²) < 4.78 is 5.30. The first-order valence-electron chi connectivity index (χ1n) is 9.62. The highest BCUT2D eigenvalue weighted by Crippen LogP contribution is 2.25. The van der Waals surface area contributed by atoms with Crippen molar-refractivity contribution >= 4 is 28.5 Å². The first kappa shape index (κ1) is 21.7. The van der Waals surface area contributed by atoms with Crippen LogP contribution in [0.2, 0.25) is 0 Å². The maximum absolute atomic E-state index is 12.4. The largest absolute Gasteiger partial charge is 0.504 e. The number of anilines is 1. The molecular formula is C22H22N2O7. The van der Waals surface area contributed by atoms with E-state index in [4.69, 9.17) is 9.52 Å². The number of carboxylic acids is 1. The number of hydrogen-bond donors (Lipinski definition) is 4. The fourth-order valence-electron chi connectivity index (χ4n) is 3.14. The number of likely N-dealkylation sites (N-methyl/N-ethyl adjacent to an activating group) is 1. The number of hydrogen-bond acceptors (Lipinski definition) is 7. The van der Waals surface area contributed by atoms with Crippen LogP contribution >= 0.6 is 0 Å². The van der Waals surface area contributed by atoms with Crippen LogP contribution in [0, 0.1) is 0 Å². The Bertz CT molecular complexity index is 1190. The molecule has 0 saturated carbocycles. The van der Waals surface area contributed by atoms with Crippen LogP contribution in [0.25, 0.3) is 11.0 Å². The lowest BCUT2D eigenvalue weighted by molar-refractivity contribution is -0.135. The fourth-order valence-corrected chi connectivity index (χ4v) is 3.14. The standard InChI is InChI=1S/C22H22N2O7/c1-2-24(12-20(27)28)15-5-4-14-10-16(22(30)31-19(14)11-15)21(29)23-8-7-13-3-6-17(25)18(26)9-13/h3-6,9-11,25-26H,2,7-8,12H2,1H3,(H,23,29)(H,27,28). The van der Waals surface area contributed by atoms with E-state index in [0.717, 1.165) is 0 Å². The SMILES string of the molecule is CCN(CC(=O)O)c1ccc2cc(C(=O)NCCc3ccc(O)c(O)c3)c(=O)oc2c1. The number of nitrogens with one attached hydrogen (secondary N) is 1. The van der Waals surface area contributed by atoms with Crippen molar-refractivity contribution in [2.45, 2.75) is 13.3 Å². The summed E-state index contributed by atoms with van der Waals surface area (Å²) in [4.78, 5) is 37.4. The molecule has 0 atom stereocenters. The summed E-state index contributed by atoms with van der Waals surface area (Å²) in [6.45, 7) is 2.29. The van der Waals surface area contributed by atoms with Crippen molar-refractivity contribution in [2.75, 3.05) is 24.5 Å². The second-order valence-electron chi connectivity index (χ2n) is 6.91. The van der Waals surface area contributed by atoms with Crippen LogP contribution in [0.4, 0.5) is 5.69 Å². The Kier molecular flexibility index (Phi) is 6.44. The van der Waals surface area contributed by atoms with Gasteiger partial charge in [-0.1, -0.05) is 6.07 Å². The topological polar surface area (TPSA) is 140 Å². The Balaban J connectivity index is 1.74. The average molecular weight is 426 g/mol. The van der Waals surface area contributed by atoms with Crippen molar-refractivity contribution in [3.63, 3.8) is 0 Å². The lowest BCUT2D eigenvalue weighted by Gasteiger charge is -2.20. The lowest BCUT2D eigenvalue weighted by atomic mass is 10.1. The van der Waals surface area contributed by atoms with Gasteiger partial charge in [-0.2, -0.15) is 0 Å². The number of nitrogens with zero attached hydrogens (tertiary/aromatic N) is 1. The van der Waals surface area contributed by atoms with Gasteiger partial charge in [0.2, 0.25) is 0 Å². The molecular weight excluding hydrogens is 404 g/mol. The molecule has 1 heterocycles. The number of carboxylic acid groups (broad SMARTS) is 1. The summed E-state index contributed by atoms with van der Waals surface area (Å²) in [6, 6.07) is 10.7. The molecule has 9 heteroatoms. The van der Waals surface area contributed by atoms with Crippen molar-refractivity contribution in [1.82, 2.24) is 5.32 Å². The van der Waals surface area contributed by atoms with Gasteiger partial charge in [0, 0.05) is 30.2 Å². The van der Waals surface area contributed by atoms with Gasteiger partial charge in [-0.05, 0) is 49.2 Å². The Labute approximate surface area is 177 Å². The van der Waals surface area contributed by atoms with Crippen molar-refractivity contribution < 1.29 is 29.3 Å². The van der Waals surface area contributed by atoms with Crippen LogP contribution in [-0.4, -0.2) is 46.8 Å². The van der Waals surface area contributed by atoms with Crippen LogP contribution in [0.5, 0.6) is 11.5 Å². The van der Waals surface area contributed by atoms with Gasteiger partial charge in [0.1, 0.15) is 17.7 Å². The molecule has 1 aromatic heterocycles. The van der Waals surface area contributed by atoms with Crippen molar-refractivity contribution in [3.05, 3.63) is 64.0 Å². The quantitative estimate of drug-likeness (QED) is 0.317. The molecule has 0 bridgehead atoms. The number of aromatic hydroxyl groups is 2. The molecule has 0 radical (unpaired) electrons. The molecule has 0 saturated heterocycles. The predicted octanol–water partition coefficient (Wildman–Crippen LogP) is 2.09. The molecule has 31 heavy (non-hydrogen) atoms. The van der Waals surface area contributed by atoms with Crippen LogP contribution in [0.15, 0.2) is 51.7 Å². The van der Waals surface area contributed by atoms with E-state index in [1.165, 1.54) is 18.2 Å². The van der Waals surface area contributed by atoms with Crippen molar-refractivity contribution in [2.24, 2.45) is 0 Å². The first-order chi connectivity index (χ1) is 14.8. The zero-order valence-electron chi connectivity index (χ0n) is 16.8. The fraction of sp³-hybridized carbons (Fsp3) is 0.227. The molecule has 3 rings (SSSR count). The maximum Gasteiger partial charge on any atom is 0.349 e. The lowest BCUT2D eigenvalue weighted by Crippen LogP contribution is -2.30. The van der Waals surface area contributed by atoms with Gasteiger partial charge in [-0.3, -0.25) is 9.59 Å². The van der Waals surface area contributed by atoms with Crippen LogP contribution < -0.4 is 15.8 Å². The number of benzene rings is 2. The highest BCUT2D eigenvalue weighted by Gasteiger charge is 2.15. The smallest absolute Gasteiger partial charge is 0.349 e. The van der Waals surface area contributed by atoms with E-state index in [2.05, 4.69) is 5.32 Å². The number of phenolic OH excluding ortho intramolecular Hbond substituents is 2. The van der Waals surface area contributed by atoms with Crippen molar-refractivity contribution in [3.8, 4) is 11.5 Å². The number of fused-ring (bicyclic) bond motifs is 1. The normalized spacial score (nSPS) is 10.7. The molecule has 0 aliphatic carbocycles. The Hall–Kier alpha value is -4.01. The number of carbonyl (C=O) groups is 2. The zero-order valence-corrected chi connectivity index (χ0v) is 16.8. The van der Waals surface area contributed by atoms with E-state index in [-0.39, 0.29) is 35.7 Å². The zero-order chi connectivity index (χ0) is 22.5. The van der Waals surface area contributed by atoms with Gasteiger partial charge >= 0.3 is 11.6 Å². The highest BCUT2D eigenvalue weighted by molar-refractivity contribution is 5.97. The summed E-state index contributed by atoms with van der Waals surface area (Å²) in [6.07, 6.45) is 0.387. The van der Waals surface area contributed by atoms with Crippen LogP contribution in [-0.2, 0) is 11.2 Å². The molecule has 0 aliphatic rings. The maximum atomic E-state index is 12.4. The molecule has 0 unspecified atom stereocenters. The second-order valence-corrected chi connectivity index (χ2v) is 6.91. The molecule has 162 valence electrons. The van der Waals surface area contributed by atoms with Crippen molar-refractivity contribution in [1.29, 1.82) is 0 Å². The average Bonchev–Trinajstić information content (AvgIpc) is 2.73. The Morgan fingerprint density at radius 1 is 1.06 bits per heavy atom. The summed E-state index contributed by atoms with van der Waals surface area (Å²) in [5, 5.41) is 31.0. The van der Waals surface area contributed by atoms with E-state index in [1.54, 1.807) is 29.2 Å². The van der Waals surface area contributed by atoms with E-state index in [1.807, 2.05) is 6.92 Å². The van der Waals surface area contributed by atoms with Crippen LogP contribution in [0.3, 0.4) is 0 Å². The Morgan fingerprint density at radius 2 is 1.84 bits per heavy atom. The number of aliphatic carboxylic acids is 1. The van der Waals surface area contributed by atoms with Gasteiger partial charge in [0.05, 0.1) is 0 Å². The summed E-state index contributed by atoms with van der Waals surface area (Å²) >= 11 is 0. The molecule has 0 aliphatic heterocycles. The summed E-state index contributed by atoms with van der Waals surface area (Å²) in [5.41, 5.74) is 0.602. The van der Waals surface area contributed by atoms with E-state index in [0.29, 0.717) is 29.6 Å². The molecule has 0 fully saturated rings. The Morgan fingerprint density at radius 3 is 2.52 bits per heavy atom. The van der Waals surface area contributed by atoms with Crippen LogP contribution in [0.1, 0.15) is 22.8 Å². The molecule has 9 nitrogen and oxygen atoms in total. The van der Waals surface area contributed by atoms with Gasteiger partial charge < -0.3 is 30.0 Å².